The van der Waals surface area contributed by atoms with Crippen molar-refractivity contribution < 1.29 is 0 Å². The molecule has 2 rings (SSSR count). The van der Waals surface area contributed by atoms with Crippen LogP contribution >= 0.6 is 0 Å². The topological polar surface area (TPSA) is 61.0 Å². The zero-order valence-corrected chi connectivity index (χ0v) is 11.6. The molecule has 1 saturated carbocycles. The van der Waals surface area contributed by atoms with E-state index in [1.54, 1.807) is 0 Å². The Morgan fingerprint density at radius 2 is 2.17 bits per heavy atom. The van der Waals surface area contributed by atoms with Gasteiger partial charge in [-0.3, -0.25) is 4.79 Å². The van der Waals surface area contributed by atoms with E-state index in [0.717, 1.165) is 25.2 Å². The Labute approximate surface area is 108 Å². The lowest BCUT2D eigenvalue weighted by molar-refractivity contribution is 0.210. The summed E-state index contributed by atoms with van der Waals surface area (Å²) in [5, 5.41) is 3.26. The highest BCUT2D eigenvalue weighted by Gasteiger charge is 2.26. The first-order valence-corrected chi connectivity index (χ1v) is 6.41. The van der Waals surface area contributed by atoms with Gasteiger partial charge in [0, 0.05) is 24.1 Å². The molecule has 5 heteroatoms. The fraction of sp³-hybridized carbons (Fsp3) is 0.692. The normalized spacial score (nSPS) is 16.1. The van der Waals surface area contributed by atoms with Gasteiger partial charge >= 0.3 is 0 Å². The first-order chi connectivity index (χ1) is 8.38. The maximum atomic E-state index is 11.6. The second-order valence-electron chi connectivity index (χ2n) is 5.85. The van der Waals surface area contributed by atoms with Crippen molar-refractivity contribution in [2.75, 3.05) is 26.0 Å². The van der Waals surface area contributed by atoms with E-state index in [0.29, 0.717) is 11.7 Å². The van der Waals surface area contributed by atoms with E-state index in [4.69, 9.17) is 0 Å². The Bertz CT molecular complexity index is 474. The predicted octanol–water partition coefficient (Wildman–Crippen LogP) is 1.40. The molecular weight excluding hydrogens is 228 g/mol. The highest BCUT2D eigenvalue weighted by Crippen LogP contribution is 2.37. The number of nitrogens with zero attached hydrogens (tertiary/aromatic N) is 2. The molecular formula is C13H22N4O. The van der Waals surface area contributed by atoms with Gasteiger partial charge in [0.15, 0.2) is 0 Å². The van der Waals surface area contributed by atoms with Gasteiger partial charge < -0.3 is 15.2 Å². The van der Waals surface area contributed by atoms with E-state index in [1.165, 1.54) is 6.07 Å². The molecule has 1 aromatic rings. The van der Waals surface area contributed by atoms with Crippen molar-refractivity contribution in [3.05, 3.63) is 22.2 Å². The van der Waals surface area contributed by atoms with Crippen molar-refractivity contribution in [2.24, 2.45) is 0 Å². The molecule has 1 fully saturated rings. The smallest absolute Gasteiger partial charge is 0.252 e. The summed E-state index contributed by atoms with van der Waals surface area (Å²) in [6.45, 7) is 5.05. The molecule has 0 bridgehead atoms. The van der Waals surface area contributed by atoms with Gasteiger partial charge in [-0.2, -0.15) is 0 Å². The van der Waals surface area contributed by atoms with Gasteiger partial charge in [-0.05, 0) is 40.8 Å². The monoisotopic (exact) mass is 250 g/mol. The molecule has 0 atom stereocenters. The van der Waals surface area contributed by atoms with Gasteiger partial charge in [0.25, 0.3) is 5.56 Å². The van der Waals surface area contributed by atoms with E-state index in [1.807, 2.05) is 14.1 Å². The van der Waals surface area contributed by atoms with Crippen molar-refractivity contribution in [1.82, 2.24) is 14.9 Å². The van der Waals surface area contributed by atoms with Gasteiger partial charge in [0.2, 0.25) is 0 Å². The molecule has 18 heavy (non-hydrogen) atoms. The maximum Gasteiger partial charge on any atom is 0.252 e. The molecule has 100 valence electrons. The molecule has 1 aliphatic carbocycles. The molecule has 0 radical (unpaired) electrons. The minimum absolute atomic E-state index is 0.0179. The van der Waals surface area contributed by atoms with Gasteiger partial charge in [0.1, 0.15) is 11.6 Å². The van der Waals surface area contributed by atoms with Crippen LogP contribution in [0.1, 0.15) is 38.4 Å². The van der Waals surface area contributed by atoms with E-state index < -0.39 is 0 Å². The number of aromatic amines is 1. The summed E-state index contributed by atoms with van der Waals surface area (Å²) in [6.07, 6.45) is 2.27. The van der Waals surface area contributed by atoms with Crippen molar-refractivity contribution >= 4 is 5.82 Å². The molecule has 0 amide bonds. The number of H-pyrrole nitrogens is 1. The molecule has 1 aliphatic rings. The quantitative estimate of drug-likeness (QED) is 0.829. The molecule has 0 aliphatic heterocycles. The maximum absolute atomic E-state index is 11.6. The lowest BCUT2D eigenvalue weighted by Gasteiger charge is -2.32. The number of nitrogens with one attached hydrogen (secondary N) is 2. The lowest BCUT2D eigenvalue weighted by atomic mass is 10.0. The molecule has 0 saturated heterocycles. The molecule has 5 nitrogen and oxygen atoms in total. The van der Waals surface area contributed by atoms with Gasteiger partial charge in [-0.25, -0.2) is 4.98 Å². The average molecular weight is 250 g/mol. The largest absolute Gasteiger partial charge is 0.368 e. The Balaban J connectivity index is 2.07. The van der Waals surface area contributed by atoms with Crippen LogP contribution in [0.25, 0.3) is 0 Å². The number of hydrogen-bond acceptors (Lipinski definition) is 4. The Hall–Kier alpha value is -1.36. The zero-order chi connectivity index (χ0) is 13.3. The zero-order valence-electron chi connectivity index (χ0n) is 11.6. The van der Waals surface area contributed by atoms with Crippen LogP contribution in [0.3, 0.4) is 0 Å². The standard InChI is InChI=1S/C13H22N4O/c1-13(2,17(3)4)8-14-10-7-11(18)16-12(15-10)9-5-6-9/h7,9H,5-6,8H2,1-4H3,(H2,14,15,16,18). The van der Waals surface area contributed by atoms with E-state index in [-0.39, 0.29) is 11.1 Å². The van der Waals surface area contributed by atoms with E-state index >= 15 is 0 Å². The van der Waals surface area contributed by atoms with Crippen LogP contribution in [0.5, 0.6) is 0 Å². The summed E-state index contributed by atoms with van der Waals surface area (Å²) >= 11 is 0. The first-order valence-electron chi connectivity index (χ1n) is 6.41. The second kappa shape index (κ2) is 4.72. The summed E-state index contributed by atoms with van der Waals surface area (Å²) in [5.41, 5.74) is -0.0543. The van der Waals surface area contributed by atoms with Crippen molar-refractivity contribution in [3.8, 4) is 0 Å². The Morgan fingerprint density at radius 1 is 1.50 bits per heavy atom. The number of anilines is 1. The highest BCUT2D eigenvalue weighted by molar-refractivity contribution is 5.34. The third-order valence-electron chi connectivity index (χ3n) is 3.64. The first kappa shape index (κ1) is 13.1. The summed E-state index contributed by atoms with van der Waals surface area (Å²) in [4.78, 5) is 21.0. The predicted molar refractivity (Wildman–Crippen MR) is 73.1 cm³/mol. The fourth-order valence-corrected chi connectivity index (χ4v) is 1.58. The van der Waals surface area contributed by atoms with Gasteiger partial charge in [0.05, 0.1) is 0 Å². The third-order valence-corrected chi connectivity index (χ3v) is 3.64. The minimum Gasteiger partial charge on any atom is -0.368 e. The van der Waals surface area contributed by atoms with Crippen molar-refractivity contribution in [1.29, 1.82) is 0 Å². The number of likely N-dealkylation sites (N-methyl/N-ethyl adjacent to an activating group) is 1. The van der Waals surface area contributed by atoms with Crippen molar-refractivity contribution in [2.45, 2.75) is 38.1 Å². The lowest BCUT2D eigenvalue weighted by Crippen LogP contribution is -2.44. The van der Waals surface area contributed by atoms with Gasteiger partial charge in [-0.15, -0.1) is 0 Å². The molecule has 1 aromatic heterocycles. The van der Waals surface area contributed by atoms with Crippen LogP contribution in [0.15, 0.2) is 10.9 Å². The second-order valence-corrected chi connectivity index (χ2v) is 5.85. The summed E-state index contributed by atoms with van der Waals surface area (Å²) in [5.74, 6) is 1.96. The third kappa shape index (κ3) is 3.10. The molecule has 1 heterocycles. The number of hydrogen-bond donors (Lipinski definition) is 2. The number of rotatable bonds is 5. The van der Waals surface area contributed by atoms with Crippen molar-refractivity contribution in [3.63, 3.8) is 0 Å². The van der Waals surface area contributed by atoms with Crippen LogP contribution in [0.2, 0.25) is 0 Å². The molecule has 2 N–H and O–H groups in total. The fourth-order valence-electron chi connectivity index (χ4n) is 1.58. The molecule has 0 unspecified atom stereocenters. The summed E-state index contributed by atoms with van der Waals surface area (Å²) in [7, 11) is 4.09. The van der Waals surface area contributed by atoms with E-state index in [2.05, 4.69) is 34.0 Å². The summed E-state index contributed by atoms with van der Waals surface area (Å²) < 4.78 is 0. The van der Waals surface area contributed by atoms with Crippen LogP contribution in [0, 0.1) is 0 Å². The summed E-state index contributed by atoms with van der Waals surface area (Å²) in [6, 6.07) is 1.53. The SMILES string of the molecule is CN(C)C(C)(C)CNc1cc(=O)[nH]c(C2CC2)n1. The average Bonchev–Trinajstić information content (AvgIpc) is 3.09. The molecule has 0 aromatic carbocycles. The Kier molecular flexibility index (Phi) is 3.43. The number of aromatic nitrogens is 2. The highest BCUT2D eigenvalue weighted by atomic mass is 16.1. The van der Waals surface area contributed by atoms with Crippen LogP contribution in [-0.4, -0.2) is 41.0 Å². The van der Waals surface area contributed by atoms with Crippen LogP contribution in [0.4, 0.5) is 5.82 Å². The van der Waals surface area contributed by atoms with Crippen LogP contribution < -0.4 is 10.9 Å². The minimum atomic E-state index is -0.0722. The molecule has 0 spiro atoms. The van der Waals surface area contributed by atoms with Gasteiger partial charge in [-0.1, -0.05) is 0 Å². The van der Waals surface area contributed by atoms with E-state index in [9.17, 15) is 4.79 Å². The van der Waals surface area contributed by atoms with Crippen LogP contribution in [-0.2, 0) is 0 Å². The Morgan fingerprint density at radius 3 is 2.72 bits per heavy atom.